The Morgan fingerprint density at radius 3 is 2.25 bits per heavy atom. The van der Waals surface area contributed by atoms with Crippen LogP contribution in [0.5, 0.6) is 5.75 Å². The minimum atomic E-state index is -4.25. The lowest BCUT2D eigenvalue weighted by molar-refractivity contribution is -0.128. The lowest BCUT2D eigenvalue weighted by Gasteiger charge is -2.27. The second kappa shape index (κ2) is 9.64. The van der Waals surface area contributed by atoms with E-state index in [0.29, 0.717) is 29.1 Å². The summed E-state index contributed by atoms with van der Waals surface area (Å²) in [6, 6.07) is 28.4. The number of amides is 2. The van der Waals surface area contributed by atoms with Gasteiger partial charge in [-0.15, -0.1) is 0 Å². The Morgan fingerprint density at radius 1 is 0.825 bits per heavy atom. The second-order valence-electron chi connectivity index (χ2n) is 10.3. The van der Waals surface area contributed by atoms with E-state index in [1.807, 2.05) is 43.3 Å². The Balaban J connectivity index is 1.52. The quantitative estimate of drug-likeness (QED) is 0.342. The van der Waals surface area contributed by atoms with Gasteiger partial charge in [0.05, 0.1) is 29.7 Å². The Morgan fingerprint density at radius 2 is 1.52 bits per heavy atom. The molecule has 0 saturated carbocycles. The third-order valence-electron chi connectivity index (χ3n) is 7.79. The Kier molecular flexibility index (Phi) is 6.22. The van der Waals surface area contributed by atoms with Gasteiger partial charge < -0.3 is 9.64 Å². The molecule has 40 heavy (non-hydrogen) atoms. The number of hydrogen-bond acceptors (Lipinski definition) is 5. The van der Waals surface area contributed by atoms with E-state index in [-0.39, 0.29) is 29.3 Å². The SMILES string of the molecule is COc1ccc2c(c1)[C@@]1(CC(=O)N(S(=O)(=O)c3ccc(C)cc3)c3ccccc3C1)C(=O)N2Cc1ccccc1. The average Bonchev–Trinajstić information content (AvgIpc) is 3.07. The first-order valence-electron chi connectivity index (χ1n) is 13.0. The zero-order valence-electron chi connectivity index (χ0n) is 22.2. The molecule has 202 valence electrons. The van der Waals surface area contributed by atoms with Gasteiger partial charge in [-0.05, 0) is 66.4 Å². The van der Waals surface area contributed by atoms with E-state index in [0.717, 1.165) is 15.4 Å². The molecular formula is C32H28N2O5S. The third-order valence-corrected chi connectivity index (χ3v) is 9.54. The molecule has 4 aromatic carbocycles. The fraction of sp³-hybridized carbons (Fsp3) is 0.188. The minimum Gasteiger partial charge on any atom is -0.497 e. The number of hydrogen-bond donors (Lipinski definition) is 0. The second-order valence-corrected chi connectivity index (χ2v) is 12.1. The summed E-state index contributed by atoms with van der Waals surface area (Å²) >= 11 is 0. The summed E-state index contributed by atoms with van der Waals surface area (Å²) in [5.41, 5.74) is 2.76. The maximum atomic E-state index is 14.5. The number of carbonyl (C=O) groups excluding carboxylic acids is 2. The van der Waals surface area contributed by atoms with Crippen molar-refractivity contribution >= 4 is 33.2 Å². The number of methoxy groups -OCH3 is 1. The molecule has 6 rings (SSSR count). The van der Waals surface area contributed by atoms with Crippen molar-refractivity contribution in [2.24, 2.45) is 0 Å². The highest BCUT2D eigenvalue weighted by molar-refractivity contribution is 7.93. The highest BCUT2D eigenvalue weighted by atomic mass is 32.2. The molecule has 8 heteroatoms. The van der Waals surface area contributed by atoms with E-state index in [9.17, 15) is 18.0 Å². The molecule has 2 aliphatic rings. The van der Waals surface area contributed by atoms with Crippen LogP contribution in [-0.4, -0.2) is 27.3 Å². The normalized spacial score (nSPS) is 18.4. The zero-order chi connectivity index (χ0) is 28.1. The highest BCUT2D eigenvalue weighted by Gasteiger charge is 2.55. The van der Waals surface area contributed by atoms with Crippen LogP contribution in [0.2, 0.25) is 0 Å². The monoisotopic (exact) mass is 552 g/mol. The van der Waals surface area contributed by atoms with Crippen LogP contribution in [0.1, 0.15) is 28.7 Å². The van der Waals surface area contributed by atoms with E-state index in [4.69, 9.17) is 4.74 Å². The molecule has 1 spiro atoms. The van der Waals surface area contributed by atoms with Crippen molar-refractivity contribution in [2.45, 2.75) is 36.6 Å². The maximum Gasteiger partial charge on any atom is 0.270 e. The summed E-state index contributed by atoms with van der Waals surface area (Å²) in [5.74, 6) is -0.340. The molecule has 2 heterocycles. The van der Waals surface area contributed by atoms with Crippen molar-refractivity contribution in [3.05, 3.63) is 119 Å². The van der Waals surface area contributed by atoms with E-state index in [1.165, 1.54) is 12.1 Å². The van der Waals surface area contributed by atoms with Gasteiger partial charge in [0, 0.05) is 12.1 Å². The number of anilines is 2. The van der Waals surface area contributed by atoms with Crippen LogP contribution in [0.4, 0.5) is 11.4 Å². The topological polar surface area (TPSA) is 84.0 Å². The number of ether oxygens (including phenoxy) is 1. The Labute approximate surface area is 233 Å². The first kappa shape index (κ1) is 25.8. The highest BCUT2D eigenvalue weighted by Crippen LogP contribution is 2.51. The van der Waals surface area contributed by atoms with Crippen LogP contribution in [0.15, 0.2) is 102 Å². The molecule has 0 bridgehead atoms. The molecule has 0 aromatic heterocycles. The molecule has 0 fully saturated rings. The van der Waals surface area contributed by atoms with Crippen molar-refractivity contribution in [1.82, 2.24) is 0 Å². The Hall–Kier alpha value is -4.43. The van der Waals surface area contributed by atoms with Crippen molar-refractivity contribution in [3.8, 4) is 5.75 Å². The van der Waals surface area contributed by atoms with Crippen molar-refractivity contribution in [2.75, 3.05) is 16.3 Å². The molecule has 0 saturated heterocycles. The van der Waals surface area contributed by atoms with Gasteiger partial charge in [-0.25, -0.2) is 12.7 Å². The predicted molar refractivity (Wildman–Crippen MR) is 153 cm³/mol. The zero-order valence-corrected chi connectivity index (χ0v) is 23.0. The van der Waals surface area contributed by atoms with E-state index >= 15 is 0 Å². The third kappa shape index (κ3) is 4.07. The van der Waals surface area contributed by atoms with Crippen molar-refractivity contribution in [1.29, 1.82) is 0 Å². The summed E-state index contributed by atoms with van der Waals surface area (Å²) in [6.07, 6.45) is -0.143. The molecule has 0 aliphatic carbocycles. The van der Waals surface area contributed by atoms with Crippen LogP contribution < -0.4 is 13.9 Å². The lowest BCUT2D eigenvalue weighted by atomic mass is 9.74. The number of carbonyl (C=O) groups is 2. The molecule has 2 amide bonds. The van der Waals surface area contributed by atoms with Gasteiger partial charge in [-0.1, -0.05) is 66.2 Å². The molecule has 4 aromatic rings. The molecule has 1 atom stereocenters. The number of rotatable bonds is 5. The minimum absolute atomic E-state index is 0.0164. The summed E-state index contributed by atoms with van der Waals surface area (Å²) in [7, 11) is -2.69. The van der Waals surface area contributed by atoms with E-state index < -0.39 is 21.3 Å². The number of fused-ring (bicyclic) bond motifs is 3. The van der Waals surface area contributed by atoms with Gasteiger partial charge in [0.2, 0.25) is 11.8 Å². The fourth-order valence-corrected chi connectivity index (χ4v) is 7.26. The van der Waals surface area contributed by atoms with E-state index in [2.05, 4.69) is 0 Å². The van der Waals surface area contributed by atoms with Crippen LogP contribution in [-0.2, 0) is 38.0 Å². The van der Waals surface area contributed by atoms with Crippen LogP contribution >= 0.6 is 0 Å². The molecular weight excluding hydrogens is 524 g/mol. The average molecular weight is 553 g/mol. The van der Waals surface area contributed by atoms with Gasteiger partial charge >= 0.3 is 0 Å². The number of para-hydroxylation sites is 1. The van der Waals surface area contributed by atoms with Gasteiger partial charge in [-0.3, -0.25) is 9.59 Å². The van der Waals surface area contributed by atoms with Gasteiger partial charge in [0.25, 0.3) is 10.0 Å². The summed E-state index contributed by atoms with van der Waals surface area (Å²) in [5, 5.41) is 0. The van der Waals surface area contributed by atoms with Crippen molar-refractivity contribution < 1.29 is 22.7 Å². The standard InChI is InChI=1S/C32H28N2O5S/c1-22-12-15-26(16-13-22)40(37,38)34-28-11-7-6-10-24(28)19-32(20-30(34)35)27-18-25(39-2)14-17-29(27)33(31(32)36)21-23-8-4-3-5-9-23/h3-18H,19-21H2,1-2H3/t32-/m1/s1. The fourth-order valence-electron chi connectivity index (χ4n) is 5.80. The summed E-state index contributed by atoms with van der Waals surface area (Å²) < 4.78 is 34.3. The van der Waals surface area contributed by atoms with Crippen molar-refractivity contribution in [3.63, 3.8) is 0 Å². The van der Waals surface area contributed by atoms with Crippen LogP contribution in [0.25, 0.3) is 0 Å². The largest absolute Gasteiger partial charge is 0.497 e. The first-order chi connectivity index (χ1) is 19.2. The van der Waals surface area contributed by atoms with Crippen LogP contribution in [0, 0.1) is 6.92 Å². The number of aryl methyl sites for hydroxylation is 1. The molecule has 7 nitrogen and oxygen atoms in total. The molecule has 0 N–H and O–H groups in total. The number of benzene rings is 4. The first-order valence-corrected chi connectivity index (χ1v) is 14.5. The summed E-state index contributed by atoms with van der Waals surface area (Å²) in [6.45, 7) is 2.19. The smallest absolute Gasteiger partial charge is 0.270 e. The molecule has 0 unspecified atom stereocenters. The summed E-state index contributed by atoms with van der Waals surface area (Å²) in [4.78, 5) is 30.3. The molecule has 0 radical (unpaired) electrons. The predicted octanol–water partition coefficient (Wildman–Crippen LogP) is 5.16. The molecule has 2 aliphatic heterocycles. The van der Waals surface area contributed by atoms with Crippen LogP contribution in [0.3, 0.4) is 0 Å². The van der Waals surface area contributed by atoms with E-state index in [1.54, 1.807) is 60.5 Å². The number of sulfonamides is 1. The Bertz CT molecular complexity index is 1740. The number of nitrogens with zero attached hydrogens (tertiary/aromatic N) is 2. The van der Waals surface area contributed by atoms with Gasteiger partial charge in [0.15, 0.2) is 0 Å². The van der Waals surface area contributed by atoms with Gasteiger partial charge in [0.1, 0.15) is 5.75 Å². The maximum absolute atomic E-state index is 14.5. The lowest BCUT2D eigenvalue weighted by Crippen LogP contribution is -2.45. The van der Waals surface area contributed by atoms with Gasteiger partial charge in [-0.2, -0.15) is 0 Å².